The highest BCUT2D eigenvalue weighted by molar-refractivity contribution is 9.10. The second-order valence-corrected chi connectivity index (χ2v) is 5.58. The third-order valence-electron chi connectivity index (χ3n) is 3.25. The molecule has 0 unspecified atom stereocenters. The molecule has 10 heteroatoms. The fourth-order valence-corrected chi connectivity index (χ4v) is 3.00. The molecule has 0 aliphatic carbocycles. The van der Waals surface area contributed by atoms with Gasteiger partial charge in [0.25, 0.3) is 5.56 Å². The molecule has 0 amide bonds. The highest BCUT2D eigenvalue weighted by Crippen LogP contribution is 2.38. The summed E-state index contributed by atoms with van der Waals surface area (Å²) in [6.07, 6.45) is -3.73. The van der Waals surface area contributed by atoms with Gasteiger partial charge in [-0.25, -0.2) is 15.0 Å². The van der Waals surface area contributed by atoms with E-state index in [1.807, 2.05) is 0 Å². The lowest BCUT2D eigenvalue weighted by atomic mass is 10.3. The van der Waals surface area contributed by atoms with Gasteiger partial charge in [0, 0.05) is 0 Å². The van der Waals surface area contributed by atoms with E-state index < -0.39 is 11.9 Å². The van der Waals surface area contributed by atoms with Crippen LogP contribution in [0.5, 0.6) is 0 Å². The van der Waals surface area contributed by atoms with Crippen LogP contribution in [-0.4, -0.2) is 19.9 Å². The summed E-state index contributed by atoms with van der Waals surface area (Å²) < 4.78 is 38.4. The summed E-state index contributed by atoms with van der Waals surface area (Å²) in [5, 5.41) is 0. The quantitative estimate of drug-likeness (QED) is 0.826. The number of aromatic amines is 1. The topological polar surface area (TPSA) is 74.8 Å². The highest BCUT2D eigenvalue weighted by Gasteiger charge is 2.37. The van der Waals surface area contributed by atoms with Gasteiger partial charge in [0.2, 0.25) is 0 Å². The van der Waals surface area contributed by atoms with Crippen LogP contribution < -0.4 is 10.5 Å². The number of hydrogen-bond donors (Lipinski definition) is 1. The Morgan fingerprint density at radius 2 is 2.05 bits per heavy atom. The predicted molar refractivity (Wildman–Crippen MR) is 74.2 cm³/mol. The van der Waals surface area contributed by atoms with Crippen LogP contribution in [0.3, 0.4) is 0 Å². The van der Waals surface area contributed by atoms with Crippen LogP contribution in [0.15, 0.2) is 15.6 Å². The fraction of sp³-hybridized carbons (Fsp3) is 0.333. The number of halogens is 4. The van der Waals surface area contributed by atoms with E-state index in [4.69, 9.17) is 0 Å². The van der Waals surface area contributed by atoms with Gasteiger partial charge in [-0.15, -0.1) is 0 Å². The number of aromatic nitrogens is 4. The smallest absolute Gasteiger partial charge is 0.345 e. The van der Waals surface area contributed by atoms with Crippen molar-refractivity contribution in [3.05, 3.63) is 43.9 Å². The lowest BCUT2D eigenvalue weighted by Crippen LogP contribution is -2.21. The molecule has 116 valence electrons. The molecule has 2 aromatic heterocycles. The molecule has 1 aliphatic heterocycles. The fourth-order valence-electron chi connectivity index (χ4n) is 2.32. The zero-order valence-electron chi connectivity index (χ0n) is 11.2. The standard InChI is InChI=1S/C12H9BrF3N5O/c1-5-19-7-3-21(2-6(7)11(22)20-5)10-8(13)9(12(14,15)16)17-4-18-10/h4H,2-3H2,1H3,(H,19,20,22). The number of nitrogens with one attached hydrogen (secondary N) is 1. The largest absolute Gasteiger partial charge is 0.434 e. The van der Waals surface area contributed by atoms with Crippen LogP contribution in [-0.2, 0) is 19.3 Å². The van der Waals surface area contributed by atoms with Gasteiger partial charge in [0.05, 0.1) is 28.8 Å². The van der Waals surface area contributed by atoms with Crippen molar-refractivity contribution in [2.45, 2.75) is 26.2 Å². The normalized spacial score (nSPS) is 14.3. The maximum atomic E-state index is 12.9. The van der Waals surface area contributed by atoms with Crippen molar-refractivity contribution in [3.63, 3.8) is 0 Å². The van der Waals surface area contributed by atoms with Crippen LogP contribution in [0.4, 0.5) is 19.0 Å². The van der Waals surface area contributed by atoms with Crippen molar-refractivity contribution in [2.75, 3.05) is 4.90 Å². The minimum atomic E-state index is -4.59. The molecule has 3 rings (SSSR count). The molecule has 0 bridgehead atoms. The predicted octanol–water partition coefficient (Wildman–Crippen LogP) is 2.17. The molecule has 0 spiro atoms. The minimum Gasteiger partial charge on any atom is -0.345 e. The van der Waals surface area contributed by atoms with Gasteiger partial charge in [0.15, 0.2) is 5.69 Å². The lowest BCUT2D eigenvalue weighted by molar-refractivity contribution is -0.141. The van der Waals surface area contributed by atoms with Crippen LogP contribution in [0, 0.1) is 6.92 Å². The average Bonchev–Trinajstić information content (AvgIpc) is 2.81. The highest BCUT2D eigenvalue weighted by atomic mass is 79.9. The third-order valence-corrected chi connectivity index (χ3v) is 3.98. The summed E-state index contributed by atoms with van der Waals surface area (Å²) in [7, 11) is 0. The number of fused-ring (bicyclic) bond motifs is 1. The Bertz CT molecular complexity index is 804. The number of nitrogens with zero attached hydrogens (tertiary/aromatic N) is 4. The van der Waals surface area contributed by atoms with Gasteiger partial charge in [-0.05, 0) is 22.9 Å². The lowest BCUT2D eigenvalue weighted by Gasteiger charge is -2.19. The molecule has 0 saturated heterocycles. The van der Waals surface area contributed by atoms with Crippen molar-refractivity contribution in [1.82, 2.24) is 19.9 Å². The summed E-state index contributed by atoms with van der Waals surface area (Å²) in [4.78, 5) is 27.4. The van der Waals surface area contributed by atoms with Gasteiger partial charge >= 0.3 is 6.18 Å². The molecule has 1 N–H and O–H groups in total. The summed E-state index contributed by atoms with van der Waals surface area (Å²) in [6.45, 7) is 2.00. The van der Waals surface area contributed by atoms with E-state index in [0.717, 1.165) is 6.33 Å². The molecule has 2 aromatic rings. The van der Waals surface area contributed by atoms with Gasteiger partial charge in [-0.3, -0.25) is 4.79 Å². The molecular formula is C12H9BrF3N5O. The molecule has 6 nitrogen and oxygen atoms in total. The van der Waals surface area contributed by atoms with E-state index >= 15 is 0 Å². The SMILES string of the molecule is Cc1nc2c(c(=O)[nH]1)CN(c1ncnc(C(F)(F)F)c1Br)C2. The van der Waals surface area contributed by atoms with Crippen molar-refractivity contribution < 1.29 is 13.2 Å². The van der Waals surface area contributed by atoms with Crippen molar-refractivity contribution in [1.29, 1.82) is 0 Å². The average molecular weight is 376 g/mol. The summed E-state index contributed by atoms with van der Waals surface area (Å²) in [5.41, 5.74) is -0.359. The van der Waals surface area contributed by atoms with E-state index in [-0.39, 0.29) is 28.9 Å². The molecule has 0 radical (unpaired) electrons. The molecule has 0 aromatic carbocycles. The first-order chi connectivity index (χ1) is 10.3. The molecule has 0 atom stereocenters. The monoisotopic (exact) mass is 375 g/mol. The second kappa shape index (κ2) is 5.04. The number of rotatable bonds is 1. The van der Waals surface area contributed by atoms with E-state index in [1.165, 1.54) is 0 Å². The first-order valence-electron chi connectivity index (χ1n) is 6.18. The second-order valence-electron chi connectivity index (χ2n) is 4.79. The molecule has 3 heterocycles. The Labute approximate surface area is 130 Å². The van der Waals surface area contributed by atoms with E-state index in [9.17, 15) is 18.0 Å². The zero-order valence-corrected chi connectivity index (χ0v) is 12.8. The Hall–Kier alpha value is -1.97. The summed E-state index contributed by atoms with van der Waals surface area (Å²) >= 11 is 2.91. The van der Waals surface area contributed by atoms with E-state index in [1.54, 1.807) is 11.8 Å². The molecule has 1 aliphatic rings. The van der Waals surface area contributed by atoms with Crippen LogP contribution in [0.25, 0.3) is 0 Å². The number of anilines is 1. The Kier molecular flexibility index (Phi) is 3.42. The zero-order chi connectivity index (χ0) is 16.1. The maximum absolute atomic E-state index is 12.9. The summed E-state index contributed by atoms with van der Waals surface area (Å²) in [5.74, 6) is 0.542. The Balaban J connectivity index is 2.02. The van der Waals surface area contributed by atoms with E-state index in [0.29, 0.717) is 17.1 Å². The number of aryl methyl sites for hydroxylation is 1. The minimum absolute atomic E-state index is 0.0809. The van der Waals surface area contributed by atoms with Crippen molar-refractivity contribution in [2.24, 2.45) is 0 Å². The van der Waals surface area contributed by atoms with Gasteiger partial charge in [-0.1, -0.05) is 0 Å². The molecule has 0 fully saturated rings. The summed E-state index contributed by atoms with van der Waals surface area (Å²) in [6, 6.07) is 0. The van der Waals surface area contributed by atoms with E-state index in [2.05, 4.69) is 35.9 Å². The number of alkyl halides is 3. The first-order valence-corrected chi connectivity index (χ1v) is 6.98. The van der Waals surface area contributed by atoms with Crippen LogP contribution >= 0.6 is 15.9 Å². The molecular weight excluding hydrogens is 367 g/mol. The van der Waals surface area contributed by atoms with Crippen molar-refractivity contribution >= 4 is 21.7 Å². The van der Waals surface area contributed by atoms with Crippen LogP contribution in [0.2, 0.25) is 0 Å². The number of hydrogen-bond acceptors (Lipinski definition) is 5. The van der Waals surface area contributed by atoms with Crippen LogP contribution in [0.1, 0.15) is 22.8 Å². The van der Waals surface area contributed by atoms with Gasteiger partial charge < -0.3 is 9.88 Å². The third kappa shape index (κ3) is 2.47. The molecule has 22 heavy (non-hydrogen) atoms. The van der Waals surface area contributed by atoms with Crippen molar-refractivity contribution in [3.8, 4) is 0 Å². The maximum Gasteiger partial charge on any atom is 0.434 e. The Morgan fingerprint density at radius 3 is 2.73 bits per heavy atom. The van der Waals surface area contributed by atoms with Gasteiger partial charge in [-0.2, -0.15) is 13.2 Å². The first kappa shape index (κ1) is 14.9. The number of H-pyrrole nitrogens is 1. The Morgan fingerprint density at radius 1 is 1.32 bits per heavy atom. The van der Waals surface area contributed by atoms with Gasteiger partial charge in [0.1, 0.15) is 18.0 Å². The molecule has 0 saturated carbocycles.